The summed E-state index contributed by atoms with van der Waals surface area (Å²) >= 11 is 0. The number of carbonyl (C=O) groups is 1. The molecule has 6 heteroatoms. The van der Waals surface area contributed by atoms with E-state index in [1.807, 2.05) is 0 Å². The van der Waals surface area contributed by atoms with Crippen molar-refractivity contribution in [2.75, 3.05) is 7.11 Å². The standard InChI is InChI=1S/C9H10N4O2/c1-15-7-4-2-6(3-5-7)8(9(10)14)12-13-11/h2-5,8H,1H3,(H2,10,14). The van der Waals surface area contributed by atoms with Gasteiger partial charge in [0.25, 0.3) is 0 Å². The molecule has 6 nitrogen and oxygen atoms in total. The van der Waals surface area contributed by atoms with Gasteiger partial charge in [0.15, 0.2) is 0 Å². The van der Waals surface area contributed by atoms with E-state index in [0.717, 1.165) is 0 Å². The van der Waals surface area contributed by atoms with E-state index < -0.39 is 11.9 Å². The summed E-state index contributed by atoms with van der Waals surface area (Å²) in [7, 11) is 1.54. The maximum Gasteiger partial charge on any atom is 0.230 e. The van der Waals surface area contributed by atoms with Gasteiger partial charge in [-0.15, -0.1) is 0 Å². The Morgan fingerprint density at radius 1 is 1.53 bits per heavy atom. The van der Waals surface area contributed by atoms with E-state index in [4.69, 9.17) is 16.0 Å². The predicted molar refractivity (Wildman–Crippen MR) is 54.1 cm³/mol. The van der Waals surface area contributed by atoms with Gasteiger partial charge in [0.05, 0.1) is 7.11 Å². The number of primary amides is 1. The smallest absolute Gasteiger partial charge is 0.230 e. The van der Waals surface area contributed by atoms with Crippen LogP contribution in [0.3, 0.4) is 0 Å². The summed E-state index contributed by atoms with van der Waals surface area (Å²) in [5.41, 5.74) is 13.9. The van der Waals surface area contributed by atoms with Crippen molar-refractivity contribution in [2.45, 2.75) is 6.04 Å². The minimum atomic E-state index is -0.971. The summed E-state index contributed by atoms with van der Waals surface area (Å²) < 4.78 is 4.95. The molecule has 0 aliphatic carbocycles. The Kier molecular flexibility index (Phi) is 3.54. The zero-order valence-electron chi connectivity index (χ0n) is 8.12. The van der Waals surface area contributed by atoms with Gasteiger partial charge in [-0.25, -0.2) is 0 Å². The molecule has 1 atom stereocenters. The molecule has 2 N–H and O–H groups in total. The lowest BCUT2D eigenvalue weighted by Crippen LogP contribution is -2.19. The number of hydrogen-bond acceptors (Lipinski definition) is 3. The van der Waals surface area contributed by atoms with Crippen LogP contribution >= 0.6 is 0 Å². The number of azide groups is 1. The second-order valence-corrected chi connectivity index (χ2v) is 2.78. The van der Waals surface area contributed by atoms with Crippen LogP contribution in [0.1, 0.15) is 11.6 Å². The number of benzene rings is 1. The van der Waals surface area contributed by atoms with Crippen molar-refractivity contribution >= 4 is 5.91 Å². The molecule has 1 amide bonds. The Morgan fingerprint density at radius 3 is 2.53 bits per heavy atom. The summed E-state index contributed by atoms with van der Waals surface area (Å²) in [6.45, 7) is 0. The molecule has 1 aromatic rings. The highest BCUT2D eigenvalue weighted by Crippen LogP contribution is 2.20. The average molecular weight is 206 g/mol. The van der Waals surface area contributed by atoms with Crippen molar-refractivity contribution in [1.29, 1.82) is 0 Å². The van der Waals surface area contributed by atoms with Crippen LogP contribution in [0.2, 0.25) is 0 Å². The van der Waals surface area contributed by atoms with Crippen LogP contribution in [0, 0.1) is 0 Å². The Balaban J connectivity index is 3.01. The van der Waals surface area contributed by atoms with Gasteiger partial charge in [-0.1, -0.05) is 17.2 Å². The number of amides is 1. The summed E-state index contributed by atoms with van der Waals surface area (Å²) in [5, 5.41) is 3.31. The molecule has 0 heterocycles. The van der Waals surface area contributed by atoms with E-state index in [2.05, 4.69) is 10.0 Å². The molecule has 0 aliphatic rings. The Bertz CT molecular complexity index is 393. The molecule has 0 aliphatic heterocycles. The monoisotopic (exact) mass is 206 g/mol. The third kappa shape index (κ3) is 2.62. The van der Waals surface area contributed by atoms with Crippen LogP contribution in [0.5, 0.6) is 5.75 Å². The van der Waals surface area contributed by atoms with Crippen LogP contribution in [-0.2, 0) is 4.79 Å². The first-order chi connectivity index (χ1) is 7.19. The first-order valence-electron chi connectivity index (χ1n) is 4.16. The van der Waals surface area contributed by atoms with Gasteiger partial charge in [-0.3, -0.25) is 4.79 Å². The highest BCUT2D eigenvalue weighted by molar-refractivity contribution is 5.81. The molecule has 0 saturated carbocycles. The predicted octanol–water partition coefficient (Wildman–Crippen LogP) is 1.53. The fourth-order valence-electron chi connectivity index (χ4n) is 1.13. The van der Waals surface area contributed by atoms with E-state index >= 15 is 0 Å². The van der Waals surface area contributed by atoms with Crippen LogP contribution in [0.4, 0.5) is 0 Å². The van der Waals surface area contributed by atoms with Crippen LogP contribution < -0.4 is 10.5 Å². The lowest BCUT2D eigenvalue weighted by atomic mass is 10.1. The zero-order valence-corrected chi connectivity index (χ0v) is 8.12. The van der Waals surface area contributed by atoms with Gasteiger partial charge < -0.3 is 10.5 Å². The van der Waals surface area contributed by atoms with Crippen LogP contribution in [0.25, 0.3) is 10.4 Å². The van der Waals surface area contributed by atoms with Crippen molar-refractivity contribution < 1.29 is 9.53 Å². The molecule has 0 radical (unpaired) electrons. The third-order valence-electron chi connectivity index (χ3n) is 1.87. The maximum atomic E-state index is 11.0. The molecule has 1 rings (SSSR count). The fourth-order valence-corrected chi connectivity index (χ4v) is 1.13. The number of nitrogens with zero attached hydrogens (tertiary/aromatic N) is 3. The van der Waals surface area contributed by atoms with E-state index in [1.165, 1.54) is 7.11 Å². The molecular formula is C9H10N4O2. The number of nitrogens with two attached hydrogens (primary N) is 1. The van der Waals surface area contributed by atoms with Crippen molar-refractivity contribution in [1.82, 2.24) is 0 Å². The summed E-state index contributed by atoms with van der Waals surface area (Å²) in [4.78, 5) is 13.5. The Labute approximate surface area is 86.3 Å². The number of ether oxygens (including phenoxy) is 1. The van der Waals surface area contributed by atoms with Gasteiger partial charge in [-0.2, -0.15) is 0 Å². The van der Waals surface area contributed by atoms with Gasteiger partial charge in [0.1, 0.15) is 11.8 Å². The molecule has 15 heavy (non-hydrogen) atoms. The van der Waals surface area contributed by atoms with Crippen molar-refractivity contribution in [3.8, 4) is 5.75 Å². The largest absolute Gasteiger partial charge is 0.497 e. The third-order valence-corrected chi connectivity index (χ3v) is 1.87. The molecule has 0 spiro atoms. The van der Waals surface area contributed by atoms with E-state index in [9.17, 15) is 4.79 Å². The highest BCUT2D eigenvalue weighted by atomic mass is 16.5. The average Bonchev–Trinajstić information content (AvgIpc) is 2.26. The van der Waals surface area contributed by atoms with Crippen LogP contribution in [-0.4, -0.2) is 13.0 Å². The lowest BCUT2D eigenvalue weighted by molar-refractivity contribution is -0.119. The van der Waals surface area contributed by atoms with Crippen LogP contribution in [0.15, 0.2) is 29.4 Å². The van der Waals surface area contributed by atoms with Crippen molar-refractivity contribution in [3.05, 3.63) is 40.3 Å². The van der Waals surface area contributed by atoms with Gasteiger partial charge >= 0.3 is 0 Å². The Morgan fingerprint density at radius 2 is 2.13 bits per heavy atom. The van der Waals surface area contributed by atoms with Crippen molar-refractivity contribution in [2.24, 2.45) is 10.8 Å². The summed E-state index contributed by atoms with van der Waals surface area (Å²) in [5.74, 6) is -0.0270. The minimum Gasteiger partial charge on any atom is -0.497 e. The molecular weight excluding hydrogens is 196 g/mol. The van der Waals surface area contributed by atoms with Gasteiger partial charge in [0, 0.05) is 4.91 Å². The number of methoxy groups -OCH3 is 1. The Hall–Kier alpha value is -2.20. The van der Waals surface area contributed by atoms with Gasteiger partial charge in [0.2, 0.25) is 5.91 Å². The topological polar surface area (TPSA) is 101 Å². The second-order valence-electron chi connectivity index (χ2n) is 2.78. The first kappa shape index (κ1) is 10.9. The van der Waals surface area contributed by atoms with Gasteiger partial charge in [-0.05, 0) is 23.2 Å². The first-order valence-corrected chi connectivity index (χ1v) is 4.16. The molecule has 0 saturated heterocycles. The van der Waals surface area contributed by atoms with E-state index in [0.29, 0.717) is 11.3 Å². The zero-order chi connectivity index (χ0) is 11.3. The van der Waals surface area contributed by atoms with Crippen molar-refractivity contribution in [3.63, 3.8) is 0 Å². The molecule has 0 aromatic heterocycles. The fraction of sp³-hybridized carbons (Fsp3) is 0.222. The number of rotatable bonds is 4. The van der Waals surface area contributed by atoms with E-state index in [-0.39, 0.29) is 0 Å². The quantitative estimate of drug-likeness (QED) is 0.458. The molecule has 1 unspecified atom stereocenters. The lowest BCUT2D eigenvalue weighted by Gasteiger charge is -2.07. The molecule has 1 aromatic carbocycles. The molecule has 0 fully saturated rings. The normalized spacial score (nSPS) is 11.3. The molecule has 78 valence electrons. The SMILES string of the molecule is COc1ccc(C(N=[N+]=[N-])C(N)=O)cc1. The minimum absolute atomic E-state index is 0.543. The number of hydrogen-bond donors (Lipinski definition) is 1. The summed E-state index contributed by atoms with van der Waals surface area (Å²) in [6, 6.07) is 5.61. The summed E-state index contributed by atoms with van der Waals surface area (Å²) in [6.07, 6.45) is 0. The second kappa shape index (κ2) is 4.88. The van der Waals surface area contributed by atoms with E-state index in [1.54, 1.807) is 24.3 Å². The molecule has 0 bridgehead atoms. The highest BCUT2D eigenvalue weighted by Gasteiger charge is 2.15. The maximum absolute atomic E-state index is 11.0. The number of carbonyl (C=O) groups excluding carboxylic acids is 1.